The van der Waals surface area contributed by atoms with Gasteiger partial charge in [-0.2, -0.15) is 0 Å². The van der Waals surface area contributed by atoms with Crippen LogP contribution in [0.25, 0.3) is 10.2 Å². The van der Waals surface area contributed by atoms with E-state index in [0.29, 0.717) is 23.9 Å². The lowest BCUT2D eigenvalue weighted by molar-refractivity contribution is 0.0464. The number of carbonyl (C=O) groups is 1. The number of nitrogens with zero attached hydrogens (tertiary/aromatic N) is 2. The van der Waals surface area contributed by atoms with Crippen molar-refractivity contribution >= 4 is 39.0 Å². The maximum absolute atomic E-state index is 12.4. The number of hydrogen-bond donors (Lipinski definition) is 1. The second kappa shape index (κ2) is 8.35. The van der Waals surface area contributed by atoms with Gasteiger partial charge in [0.25, 0.3) is 0 Å². The number of ether oxygens (including phenoxy) is 2. The third-order valence-electron chi connectivity index (χ3n) is 3.90. The van der Waals surface area contributed by atoms with Crippen molar-refractivity contribution in [2.45, 2.75) is 27.7 Å². The largest absolute Gasteiger partial charge is 0.492 e. The SMILES string of the molecule is CCOc1ccccc1Nc1ncnc2sc(C(=O)OCC(C)C)c(C)c12. The van der Waals surface area contributed by atoms with Gasteiger partial charge in [0.1, 0.15) is 27.6 Å². The van der Waals surface area contributed by atoms with Crippen molar-refractivity contribution < 1.29 is 14.3 Å². The van der Waals surface area contributed by atoms with Crippen LogP contribution in [-0.2, 0) is 4.74 Å². The van der Waals surface area contributed by atoms with Gasteiger partial charge in [-0.05, 0) is 37.5 Å². The first kappa shape index (κ1) is 19.1. The van der Waals surface area contributed by atoms with Crippen molar-refractivity contribution in [3.05, 3.63) is 41.0 Å². The number of fused-ring (bicyclic) bond motifs is 1. The Morgan fingerprint density at radius 3 is 2.78 bits per heavy atom. The summed E-state index contributed by atoms with van der Waals surface area (Å²) in [7, 11) is 0. The second-order valence-corrected chi connectivity index (χ2v) is 7.50. The zero-order valence-electron chi connectivity index (χ0n) is 15.9. The van der Waals surface area contributed by atoms with Gasteiger partial charge in [0.05, 0.1) is 24.3 Å². The van der Waals surface area contributed by atoms with Gasteiger partial charge in [0, 0.05) is 0 Å². The minimum atomic E-state index is -0.315. The average Bonchev–Trinajstić information content (AvgIpc) is 2.99. The van der Waals surface area contributed by atoms with Crippen LogP contribution in [-0.4, -0.2) is 29.2 Å². The fraction of sp³-hybridized carbons (Fsp3) is 0.350. The van der Waals surface area contributed by atoms with Crippen LogP contribution in [0.5, 0.6) is 5.75 Å². The molecule has 0 saturated carbocycles. The van der Waals surface area contributed by atoms with Crippen LogP contribution < -0.4 is 10.1 Å². The Kier molecular flexibility index (Phi) is 5.91. The van der Waals surface area contributed by atoms with E-state index >= 15 is 0 Å². The number of aryl methyl sites for hydroxylation is 1. The van der Waals surface area contributed by atoms with E-state index in [4.69, 9.17) is 9.47 Å². The van der Waals surface area contributed by atoms with Crippen molar-refractivity contribution in [1.29, 1.82) is 0 Å². The first-order valence-corrected chi connectivity index (χ1v) is 9.73. The summed E-state index contributed by atoms with van der Waals surface area (Å²) < 4.78 is 11.1. The molecule has 2 heterocycles. The van der Waals surface area contributed by atoms with Crippen LogP contribution in [0.2, 0.25) is 0 Å². The number of hydrogen-bond acceptors (Lipinski definition) is 7. The molecule has 1 aromatic carbocycles. The number of rotatable bonds is 7. The number of carbonyl (C=O) groups excluding carboxylic acids is 1. The Balaban J connectivity index is 1.97. The van der Waals surface area contributed by atoms with E-state index in [1.807, 2.05) is 52.0 Å². The van der Waals surface area contributed by atoms with E-state index < -0.39 is 0 Å². The van der Waals surface area contributed by atoms with Gasteiger partial charge in [0.15, 0.2) is 0 Å². The Morgan fingerprint density at radius 1 is 1.26 bits per heavy atom. The molecule has 1 N–H and O–H groups in total. The molecule has 0 aliphatic rings. The molecule has 142 valence electrons. The number of anilines is 2. The molecule has 0 aliphatic carbocycles. The average molecular weight is 385 g/mol. The lowest BCUT2D eigenvalue weighted by Gasteiger charge is -2.12. The number of benzene rings is 1. The molecule has 0 unspecified atom stereocenters. The monoisotopic (exact) mass is 385 g/mol. The first-order valence-electron chi connectivity index (χ1n) is 8.91. The molecule has 3 aromatic rings. The van der Waals surface area contributed by atoms with E-state index in [-0.39, 0.29) is 11.9 Å². The van der Waals surface area contributed by atoms with Gasteiger partial charge < -0.3 is 14.8 Å². The van der Waals surface area contributed by atoms with Crippen LogP contribution in [0.3, 0.4) is 0 Å². The lowest BCUT2D eigenvalue weighted by Crippen LogP contribution is -2.09. The number of thiophene rings is 1. The molecular formula is C20H23N3O3S. The highest BCUT2D eigenvalue weighted by Crippen LogP contribution is 2.36. The van der Waals surface area contributed by atoms with Crippen LogP contribution in [0, 0.1) is 12.8 Å². The molecule has 0 amide bonds. The minimum Gasteiger partial charge on any atom is -0.492 e. The Hall–Kier alpha value is -2.67. The molecule has 27 heavy (non-hydrogen) atoms. The smallest absolute Gasteiger partial charge is 0.348 e. The van der Waals surface area contributed by atoms with Gasteiger partial charge in [-0.3, -0.25) is 0 Å². The summed E-state index contributed by atoms with van der Waals surface area (Å²) in [5.74, 6) is 1.36. The molecule has 0 radical (unpaired) electrons. The second-order valence-electron chi connectivity index (χ2n) is 6.51. The van der Waals surface area contributed by atoms with Crippen LogP contribution >= 0.6 is 11.3 Å². The normalized spacial score (nSPS) is 11.0. The maximum Gasteiger partial charge on any atom is 0.348 e. The van der Waals surface area contributed by atoms with E-state index in [1.165, 1.54) is 17.7 Å². The molecule has 6 nitrogen and oxygen atoms in total. The van der Waals surface area contributed by atoms with Gasteiger partial charge in [-0.15, -0.1) is 11.3 Å². The number of aromatic nitrogens is 2. The highest BCUT2D eigenvalue weighted by molar-refractivity contribution is 7.20. The molecular weight excluding hydrogens is 362 g/mol. The Bertz CT molecular complexity index is 953. The third kappa shape index (κ3) is 4.19. The number of para-hydroxylation sites is 2. The highest BCUT2D eigenvalue weighted by atomic mass is 32.1. The zero-order chi connectivity index (χ0) is 19.4. The number of nitrogens with one attached hydrogen (secondary N) is 1. The molecule has 7 heteroatoms. The molecule has 0 fully saturated rings. The fourth-order valence-corrected chi connectivity index (χ4v) is 3.69. The van der Waals surface area contributed by atoms with Crippen molar-refractivity contribution in [3.8, 4) is 5.75 Å². The zero-order valence-corrected chi connectivity index (χ0v) is 16.7. The van der Waals surface area contributed by atoms with Gasteiger partial charge >= 0.3 is 5.97 Å². The van der Waals surface area contributed by atoms with E-state index in [9.17, 15) is 4.79 Å². The minimum absolute atomic E-state index is 0.288. The van der Waals surface area contributed by atoms with Gasteiger partial charge in [-0.25, -0.2) is 14.8 Å². The molecule has 3 rings (SSSR count). The fourth-order valence-electron chi connectivity index (χ4n) is 2.65. The third-order valence-corrected chi connectivity index (χ3v) is 5.08. The maximum atomic E-state index is 12.4. The predicted molar refractivity (Wildman–Crippen MR) is 108 cm³/mol. The predicted octanol–water partition coefficient (Wildman–Crippen LogP) is 4.95. The van der Waals surface area contributed by atoms with Crippen LogP contribution in [0.15, 0.2) is 30.6 Å². The van der Waals surface area contributed by atoms with E-state index in [0.717, 1.165) is 27.2 Å². The van der Waals surface area contributed by atoms with Crippen molar-refractivity contribution in [1.82, 2.24) is 9.97 Å². The van der Waals surface area contributed by atoms with Crippen LogP contribution in [0.1, 0.15) is 36.0 Å². The van der Waals surface area contributed by atoms with Gasteiger partial charge in [-0.1, -0.05) is 26.0 Å². The van der Waals surface area contributed by atoms with E-state index in [1.54, 1.807) is 0 Å². The molecule has 2 aromatic heterocycles. The quantitative estimate of drug-likeness (QED) is 0.580. The molecule has 0 spiro atoms. The Morgan fingerprint density at radius 2 is 2.04 bits per heavy atom. The van der Waals surface area contributed by atoms with Crippen molar-refractivity contribution in [3.63, 3.8) is 0 Å². The van der Waals surface area contributed by atoms with Crippen molar-refractivity contribution in [2.75, 3.05) is 18.5 Å². The van der Waals surface area contributed by atoms with Crippen molar-refractivity contribution in [2.24, 2.45) is 5.92 Å². The summed E-state index contributed by atoms with van der Waals surface area (Å²) in [5, 5.41) is 4.15. The molecule has 0 aliphatic heterocycles. The summed E-state index contributed by atoms with van der Waals surface area (Å²) in [6, 6.07) is 7.68. The highest BCUT2D eigenvalue weighted by Gasteiger charge is 2.21. The summed E-state index contributed by atoms with van der Waals surface area (Å²) in [6.45, 7) is 8.82. The molecule has 0 saturated heterocycles. The molecule has 0 bridgehead atoms. The van der Waals surface area contributed by atoms with Crippen LogP contribution in [0.4, 0.5) is 11.5 Å². The van der Waals surface area contributed by atoms with Gasteiger partial charge in [0.2, 0.25) is 0 Å². The standard InChI is InChI=1S/C20H23N3O3S/c1-5-25-15-9-7-6-8-14(15)23-18-16-13(4)17(20(24)26-10-12(2)3)27-19(16)22-11-21-18/h6-9,11-12H,5,10H2,1-4H3,(H,21,22,23). The number of esters is 1. The topological polar surface area (TPSA) is 73.3 Å². The lowest BCUT2D eigenvalue weighted by atomic mass is 10.2. The summed E-state index contributed by atoms with van der Waals surface area (Å²) in [4.78, 5) is 22.5. The summed E-state index contributed by atoms with van der Waals surface area (Å²) >= 11 is 1.33. The Labute approximate surface area is 162 Å². The summed E-state index contributed by atoms with van der Waals surface area (Å²) in [6.07, 6.45) is 1.49. The summed E-state index contributed by atoms with van der Waals surface area (Å²) in [5.41, 5.74) is 1.63. The molecule has 0 atom stereocenters. The first-order chi connectivity index (χ1) is 13.0. The van der Waals surface area contributed by atoms with E-state index in [2.05, 4.69) is 15.3 Å².